The molecule has 1 aromatic heterocycles. The van der Waals surface area contributed by atoms with Gasteiger partial charge in [0.1, 0.15) is 0 Å². The van der Waals surface area contributed by atoms with Gasteiger partial charge in [0.15, 0.2) is 5.96 Å². The number of hydrogen-bond acceptors (Lipinski definition) is 5. The smallest absolute Gasteiger partial charge is 0.191 e. The molecule has 0 saturated carbocycles. The summed E-state index contributed by atoms with van der Waals surface area (Å²) in [4.78, 5) is 12.6. The van der Waals surface area contributed by atoms with Crippen LogP contribution in [-0.2, 0) is 11.3 Å². The van der Waals surface area contributed by atoms with Crippen molar-refractivity contribution in [1.29, 1.82) is 0 Å². The highest BCUT2D eigenvalue weighted by atomic mass is 32.1. The molecule has 0 radical (unpaired) electrons. The molecule has 0 bridgehead atoms. The molecule has 1 aromatic rings. The lowest BCUT2D eigenvalue weighted by Crippen LogP contribution is -2.48. The minimum Gasteiger partial charge on any atom is -0.383 e. The molecule has 2 heterocycles. The predicted molar refractivity (Wildman–Crippen MR) is 96.3 cm³/mol. The van der Waals surface area contributed by atoms with E-state index in [4.69, 9.17) is 4.74 Å². The Balaban J connectivity index is 1.74. The topological polar surface area (TPSA) is 61.8 Å². The number of aliphatic imine (C=N–C) groups is 1. The van der Waals surface area contributed by atoms with Crippen molar-refractivity contribution in [3.8, 4) is 0 Å². The maximum atomic E-state index is 5.15. The number of aryl methyl sites for hydroxylation is 2. The second-order valence-corrected chi connectivity index (χ2v) is 7.21. The van der Waals surface area contributed by atoms with Crippen molar-refractivity contribution in [2.45, 2.75) is 39.3 Å². The van der Waals surface area contributed by atoms with E-state index in [0.717, 1.165) is 62.3 Å². The lowest BCUT2D eigenvalue weighted by Gasteiger charge is -2.32. The zero-order valence-corrected chi connectivity index (χ0v) is 15.5. The summed E-state index contributed by atoms with van der Waals surface area (Å²) in [7, 11) is 3.59. The lowest BCUT2D eigenvalue weighted by atomic mass is 10.1. The Hall–Kier alpha value is -1.18. The van der Waals surface area contributed by atoms with Crippen molar-refractivity contribution in [2.75, 3.05) is 40.4 Å². The number of ether oxygens (including phenoxy) is 1. The van der Waals surface area contributed by atoms with E-state index >= 15 is 0 Å². The van der Waals surface area contributed by atoms with Crippen molar-refractivity contribution in [3.05, 3.63) is 15.6 Å². The highest BCUT2D eigenvalue weighted by Crippen LogP contribution is 2.16. The summed E-state index contributed by atoms with van der Waals surface area (Å²) < 4.78 is 5.15. The Bertz CT molecular complexity index is 509. The molecule has 1 saturated heterocycles. The number of rotatable bonds is 6. The van der Waals surface area contributed by atoms with Gasteiger partial charge in [0.25, 0.3) is 0 Å². The van der Waals surface area contributed by atoms with Crippen LogP contribution in [0.15, 0.2) is 4.99 Å². The van der Waals surface area contributed by atoms with Crippen LogP contribution in [0.25, 0.3) is 0 Å². The lowest BCUT2D eigenvalue weighted by molar-refractivity contribution is 0.128. The molecular weight excluding hydrogens is 310 g/mol. The number of guanidine groups is 1. The van der Waals surface area contributed by atoms with Crippen LogP contribution in [0.1, 0.15) is 28.4 Å². The summed E-state index contributed by atoms with van der Waals surface area (Å²) in [6, 6.07) is 0.490. The number of nitrogens with one attached hydrogen (secondary N) is 2. The van der Waals surface area contributed by atoms with Gasteiger partial charge in [-0.25, -0.2) is 4.98 Å². The Morgan fingerprint density at radius 1 is 1.39 bits per heavy atom. The van der Waals surface area contributed by atoms with Gasteiger partial charge in [0, 0.05) is 44.7 Å². The van der Waals surface area contributed by atoms with E-state index in [9.17, 15) is 0 Å². The maximum absolute atomic E-state index is 5.15. The second-order valence-electron chi connectivity index (χ2n) is 5.92. The van der Waals surface area contributed by atoms with Crippen LogP contribution in [0.2, 0.25) is 0 Å². The van der Waals surface area contributed by atoms with E-state index in [1.54, 1.807) is 18.4 Å². The van der Waals surface area contributed by atoms with Gasteiger partial charge in [-0.05, 0) is 26.7 Å². The van der Waals surface area contributed by atoms with Gasteiger partial charge < -0.3 is 20.3 Å². The fourth-order valence-electron chi connectivity index (χ4n) is 2.81. The van der Waals surface area contributed by atoms with Crippen LogP contribution in [0.3, 0.4) is 0 Å². The third-order valence-electron chi connectivity index (χ3n) is 4.18. The first-order valence-electron chi connectivity index (χ1n) is 8.23. The van der Waals surface area contributed by atoms with Crippen molar-refractivity contribution in [1.82, 2.24) is 20.5 Å². The molecule has 1 fully saturated rings. The molecule has 0 atom stereocenters. The molecule has 0 unspecified atom stereocenters. The van der Waals surface area contributed by atoms with E-state index in [-0.39, 0.29) is 0 Å². The van der Waals surface area contributed by atoms with Crippen molar-refractivity contribution in [2.24, 2.45) is 4.99 Å². The molecule has 1 aliphatic heterocycles. The molecule has 2 N–H and O–H groups in total. The SMILES string of the molecule is CN=C(NCc1sc(C)nc1C)NC1CCN(CCOC)CC1. The number of thiazole rings is 1. The normalized spacial score (nSPS) is 17.5. The molecule has 2 rings (SSSR count). The maximum Gasteiger partial charge on any atom is 0.191 e. The number of methoxy groups -OCH3 is 1. The standard InChI is InChI=1S/C16H29N5OS/c1-12-15(23-13(2)19-12)11-18-16(17-3)20-14-5-7-21(8-6-14)9-10-22-4/h14H,5-11H2,1-4H3,(H2,17,18,20). The van der Waals surface area contributed by atoms with Gasteiger partial charge in [-0.3, -0.25) is 4.99 Å². The van der Waals surface area contributed by atoms with E-state index in [1.807, 2.05) is 14.0 Å². The molecular formula is C16H29N5OS. The molecule has 130 valence electrons. The highest BCUT2D eigenvalue weighted by molar-refractivity contribution is 7.11. The molecule has 7 heteroatoms. The van der Waals surface area contributed by atoms with Crippen LogP contribution < -0.4 is 10.6 Å². The summed E-state index contributed by atoms with van der Waals surface area (Å²) in [5.74, 6) is 0.880. The fraction of sp³-hybridized carbons (Fsp3) is 0.750. The first kappa shape index (κ1) is 18.2. The van der Waals surface area contributed by atoms with E-state index in [1.165, 1.54) is 4.88 Å². The zero-order chi connectivity index (χ0) is 16.7. The van der Waals surface area contributed by atoms with Crippen molar-refractivity contribution >= 4 is 17.3 Å². The summed E-state index contributed by atoms with van der Waals surface area (Å²) in [6.07, 6.45) is 2.28. The van der Waals surface area contributed by atoms with Crippen LogP contribution in [-0.4, -0.2) is 62.3 Å². The van der Waals surface area contributed by atoms with E-state index in [2.05, 4.69) is 32.4 Å². The van der Waals surface area contributed by atoms with Crippen LogP contribution in [0.5, 0.6) is 0 Å². The monoisotopic (exact) mass is 339 g/mol. The molecule has 23 heavy (non-hydrogen) atoms. The summed E-state index contributed by atoms with van der Waals surface area (Å²) in [6.45, 7) is 8.97. The van der Waals surface area contributed by atoms with Gasteiger partial charge in [0.05, 0.1) is 23.9 Å². The Morgan fingerprint density at radius 3 is 2.70 bits per heavy atom. The Labute approximate surface area is 143 Å². The molecule has 0 amide bonds. The third-order valence-corrected chi connectivity index (χ3v) is 5.25. The number of hydrogen-bond donors (Lipinski definition) is 2. The quantitative estimate of drug-likeness (QED) is 0.608. The van der Waals surface area contributed by atoms with Gasteiger partial charge >= 0.3 is 0 Å². The number of nitrogens with zero attached hydrogens (tertiary/aromatic N) is 3. The minimum atomic E-state index is 0.490. The summed E-state index contributed by atoms with van der Waals surface area (Å²) in [5.41, 5.74) is 1.11. The number of piperidine rings is 1. The molecule has 0 aliphatic carbocycles. The van der Waals surface area contributed by atoms with Crippen molar-refractivity contribution < 1.29 is 4.74 Å². The van der Waals surface area contributed by atoms with Gasteiger partial charge in [-0.15, -0.1) is 11.3 Å². The van der Waals surface area contributed by atoms with E-state index < -0.39 is 0 Å². The van der Waals surface area contributed by atoms with E-state index in [0.29, 0.717) is 6.04 Å². The first-order chi connectivity index (χ1) is 11.1. The predicted octanol–water partition coefficient (Wildman–Crippen LogP) is 1.54. The Morgan fingerprint density at radius 2 is 2.13 bits per heavy atom. The largest absolute Gasteiger partial charge is 0.383 e. The van der Waals surface area contributed by atoms with Gasteiger partial charge in [-0.1, -0.05) is 0 Å². The number of aromatic nitrogens is 1. The van der Waals surface area contributed by atoms with Gasteiger partial charge in [-0.2, -0.15) is 0 Å². The molecule has 0 aromatic carbocycles. The average Bonchev–Trinajstić information content (AvgIpc) is 2.88. The zero-order valence-electron chi connectivity index (χ0n) is 14.7. The molecule has 0 spiro atoms. The molecule has 6 nitrogen and oxygen atoms in total. The summed E-state index contributed by atoms with van der Waals surface area (Å²) >= 11 is 1.75. The van der Waals surface area contributed by atoms with Crippen LogP contribution in [0, 0.1) is 13.8 Å². The summed E-state index contributed by atoms with van der Waals surface area (Å²) in [5, 5.41) is 8.07. The third kappa shape index (κ3) is 5.75. The molecule has 1 aliphatic rings. The van der Waals surface area contributed by atoms with Crippen molar-refractivity contribution in [3.63, 3.8) is 0 Å². The van der Waals surface area contributed by atoms with Crippen LogP contribution >= 0.6 is 11.3 Å². The Kier molecular flexibility index (Phi) is 7.26. The van der Waals surface area contributed by atoms with Gasteiger partial charge in [0.2, 0.25) is 0 Å². The number of likely N-dealkylation sites (tertiary alicyclic amines) is 1. The highest BCUT2D eigenvalue weighted by Gasteiger charge is 2.19. The van der Waals surface area contributed by atoms with Crippen LogP contribution in [0.4, 0.5) is 0 Å². The second kappa shape index (κ2) is 9.20. The first-order valence-corrected chi connectivity index (χ1v) is 9.05. The minimum absolute atomic E-state index is 0.490. The fourth-order valence-corrected chi connectivity index (χ4v) is 3.69. The average molecular weight is 340 g/mol.